The van der Waals surface area contributed by atoms with Gasteiger partial charge in [-0.05, 0) is 49.4 Å². The SMILES string of the molecule is CCC(C)CCCCCCCCCCCCC(=O)OC[C@H](COP(=O)(O)OC[C@@H](O)COP(=O)(O)OC[C@@H](COC(=O)CCCCCCCCC(C)C)OC(=O)CCCCCCCCCCCCCC(C)C)OC(=O)CCCCCCCCCCCC(C)C. The monoisotopic (exact) mass is 1310 g/mol. The fourth-order valence-corrected chi connectivity index (χ4v) is 12.0. The molecule has 19 heteroatoms. The molecule has 0 rings (SSSR count). The second kappa shape index (κ2) is 59.8. The van der Waals surface area contributed by atoms with Gasteiger partial charge in [-0.3, -0.25) is 37.3 Å². The molecule has 0 radical (unpaired) electrons. The van der Waals surface area contributed by atoms with Gasteiger partial charge in [-0.15, -0.1) is 0 Å². The van der Waals surface area contributed by atoms with Crippen molar-refractivity contribution in [2.24, 2.45) is 23.7 Å². The van der Waals surface area contributed by atoms with Gasteiger partial charge in [-0.25, -0.2) is 9.13 Å². The Morgan fingerprint density at radius 3 is 0.798 bits per heavy atom. The summed E-state index contributed by atoms with van der Waals surface area (Å²) >= 11 is 0. The number of hydrogen-bond donors (Lipinski definition) is 3. The van der Waals surface area contributed by atoms with E-state index in [0.717, 1.165) is 114 Å². The van der Waals surface area contributed by atoms with E-state index in [9.17, 15) is 43.2 Å². The van der Waals surface area contributed by atoms with E-state index in [1.54, 1.807) is 0 Å². The van der Waals surface area contributed by atoms with Crippen LogP contribution in [0.1, 0.15) is 344 Å². The van der Waals surface area contributed by atoms with Crippen LogP contribution in [0, 0.1) is 23.7 Å². The molecular formula is C70H136O17P2. The van der Waals surface area contributed by atoms with Crippen LogP contribution in [-0.2, 0) is 65.4 Å². The Balaban J connectivity index is 5.25. The van der Waals surface area contributed by atoms with Crippen molar-refractivity contribution in [3.63, 3.8) is 0 Å². The number of carbonyl (C=O) groups is 4. The first-order chi connectivity index (χ1) is 42.6. The highest BCUT2D eigenvalue weighted by molar-refractivity contribution is 7.47. The van der Waals surface area contributed by atoms with E-state index >= 15 is 0 Å². The maximum atomic E-state index is 13.0. The van der Waals surface area contributed by atoms with Crippen LogP contribution in [0.5, 0.6) is 0 Å². The molecule has 0 saturated heterocycles. The average molecular weight is 1310 g/mol. The van der Waals surface area contributed by atoms with Crippen LogP contribution >= 0.6 is 15.6 Å². The van der Waals surface area contributed by atoms with E-state index in [0.29, 0.717) is 31.6 Å². The molecule has 0 aromatic rings. The van der Waals surface area contributed by atoms with Crippen molar-refractivity contribution in [2.75, 3.05) is 39.6 Å². The van der Waals surface area contributed by atoms with Gasteiger partial charge < -0.3 is 33.8 Å². The number of aliphatic hydroxyl groups is 1. The van der Waals surface area contributed by atoms with Gasteiger partial charge in [0.2, 0.25) is 0 Å². The third-order valence-corrected chi connectivity index (χ3v) is 18.3. The molecule has 0 amide bonds. The zero-order valence-corrected chi connectivity index (χ0v) is 59.8. The third-order valence-electron chi connectivity index (χ3n) is 16.4. The molecule has 17 nitrogen and oxygen atoms in total. The minimum atomic E-state index is -4.95. The van der Waals surface area contributed by atoms with Crippen molar-refractivity contribution >= 4 is 39.5 Å². The molecule has 0 bridgehead atoms. The van der Waals surface area contributed by atoms with E-state index < -0.39 is 97.5 Å². The standard InChI is InChI=1S/C70H136O17P2/c1-9-63(8)49-41-33-24-18-13-14-19-25-34-42-50-67(72)80-56-65(86-70(75)53-45-37-27-21-15-17-23-31-39-47-61(4)5)58-84-88(76,77)82-54-64(71)55-83-89(78,79)85-59-66(57-81-68(73)51-43-35-29-28-32-40-48-62(6)7)87-69(74)52-44-36-26-20-12-10-11-16-22-30-38-46-60(2)3/h60-66,71H,9-59H2,1-8H3,(H,76,77)(H,78,79)/t63?,64-,65-,66-/m1/s1. The number of hydrogen-bond acceptors (Lipinski definition) is 15. The Bertz CT molecular complexity index is 1770. The Morgan fingerprint density at radius 1 is 0.315 bits per heavy atom. The molecule has 3 N–H and O–H groups in total. The molecular weight excluding hydrogens is 1170 g/mol. The van der Waals surface area contributed by atoms with Gasteiger partial charge in [0, 0.05) is 25.7 Å². The molecule has 528 valence electrons. The molecule has 0 fully saturated rings. The lowest BCUT2D eigenvalue weighted by Gasteiger charge is -2.21. The number of phosphoric ester groups is 2. The number of unbranched alkanes of at least 4 members (excludes halogenated alkanes) is 32. The van der Waals surface area contributed by atoms with Crippen molar-refractivity contribution in [3.8, 4) is 0 Å². The Kier molecular flexibility index (Phi) is 58.5. The normalized spacial score (nSPS) is 14.6. The van der Waals surface area contributed by atoms with Crippen LogP contribution in [0.25, 0.3) is 0 Å². The molecule has 0 aliphatic carbocycles. The highest BCUT2D eigenvalue weighted by Gasteiger charge is 2.30. The van der Waals surface area contributed by atoms with E-state index in [1.807, 2.05) is 0 Å². The van der Waals surface area contributed by atoms with Gasteiger partial charge >= 0.3 is 39.5 Å². The molecule has 3 unspecified atom stereocenters. The van der Waals surface area contributed by atoms with Crippen LogP contribution < -0.4 is 0 Å². The molecule has 0 spiro atoms. The lowest BCUT2D eigenvalue weighted by atomic mass is 9.99. The molecule has 0 aliphatic rings. The van der Waals surface area contributed by atoms with Crippen LogP contribution in [0.3, 0.4) is 0 Å². The molecule has 0 aliphatic heterocycles. The first kappa shape index (κ1) is 87.1. The lowest BCUT2D eigenvalue weighted by molar-refractivity contribution is -0.161. The summed E-state index contributed by atoms with van der Waals surface area (Å²) in [6, 6.07) is 0. The Hall–Kier alpha value is -1.94. The van der Waals surface area contributed by atoms with Crippen LogP contribution in [0.2, 0.25) is 0 Å². The van der Waals surface area contributed by atoms with Crippen LogP contribution in [-0.4, -0.2) is 96.7 Å². The number of phosphoric acid groups is 2. The van der Waals surface area contributed by atoms with Crippen molar-refractivity contribution in [1.29, 1.82) is 0 Å². The summed E-state index contributed by atoms with van der Waals surface area (Å²) in [5.74, 6) is 0.860. The fraction of sp³-hybridized carbons (Fsp3) is 0.943. The highest BCUT2D eigenvalue weighted by atomic mass is 31.2. The highest BCUT2D eigenvalue weighted by Crippen LogP contribution is 2.45. The zero-order valence-electron chi connectivity index (χ0n) is 58.1. The number of aliphatic hydroxyl groups excluding tert-OH is 1. The zero-order chi connectivity index (χ0) is 66.1. The smallest absolute Gasteiger partial charge is 0.462 e. The van der Waals surface area contributed by atoms with Crippen molar-refractivity contribution in [2.45, 2.75) is 363 Å². The topological polar surface area (TPSA) is 237 Å². The first-order valence-electron chi connectivity index (χ1n) is 36.2. The largest absolute Gasteiger partial charge is 0.472 e. The number of rotatable bonds is 67. The molecule has 0 aromatic carbocycles. The predicted octanol–water partition coefficient (Wildman–Crippen LogP) is 19.7. The van der Waals surface area contributed by atoms with Crippen molar-refractivity contribution < 1.29 is 80.2 Å². The van der Waals surface area contributed by atoms with Gasteiger partial charge in [-0.1, -0.05) is 293 Å². The van der Waals surface area contributed by atoms with Crippen molar-refractivity contribution in [1.82, 2.24) is 0 Å². The third kappa shape index (κ3) is 63.2. The van der Waals surface area contributed by atoms with E-state index in [4.69, 9.17) is 37.0 Å². The van der Waals surface area contributed by atoms with E-state index in [-0.39, 0.29) is 25.7 Å². The van der Waals surface area contributed by atoms with Gasteiger partial charge in [-0.2, -0.15) is 0 Å². The fourth-order valence-electron chi connectivity index (χ4n) is 10.5. The second-order valence-corrected chi connectivity index (χ2v) is 29.8. The first-order valence-corrected chi connectivity index (χ1v) is 39.2. The van der Waals surface area contributed by atoms with Crippen molar-refractivity contribution in [3.05, 3.63) is 0 Å². The minimum Gasteiger partial charge on any atom is -0.462 e. The minimum absolute atomic E-state index is 0.104. The molecule has 0 heterocycles. The lowest BCUT2D eigenvalue weighted by Crippen LogP contribution is -2.30. The summed E-state index contributed by atoms with van der Waals surface area (Å²) in [5, 5.41) is 10.6. The van der Waals surface area contributed by atoms with Gasteiger partial charge in [0.05, 0.1) is 26.4 Å². The van der Waals surface area contributed by atoms with Crippen LogP contribution in [0.15, 0.2) is 0 Å². The number of carbonyl (C=O) groups excluding carboxylic acids is 4. The van der Waals surface area contributed by atoms with Gasteiger partial charge in [0.1, 0.15) is 19.3 Å². The summed E-state index contributed by atoms with van der Waals surface area (Å²) < 4.78 is 68.3. The summed E-state index contributed by atoms with van der Waals surface area (Å²) in [6.45, 7) is 14.1. The van der Waals surface area contributed by atoms with E-state index in [2.05, 4.69) is 55.4 Å². The van der Waals surface area contributed by atoms with Gasteiger partial charge in [0.15, 0.2) is 12.2 Å². The average Bonchev–Trinajstić information content (AvgIpc) is 3.69. The quantitative estimate of drug-likeness (QED) is 0.0222. The number of esters is 4. The molecule has 0 aromatic heterocycles. The van der Waals surface area contributed by atoms with Gasteiger partial charge in [0.25, 0.3) is 0 Å². The maximum absolute atomic E-state index is 13.0. The summed E-state index contributed by atoms with van der Waals surface area (Å²) in [4.78, 5) is 72.5. The molecule has 89 heavy (non-hydrogen) atoms. The maximum Gasteiger partial charge on any atom is 0.472 e. The second-order valence-electron chi connectivity index (χ2n) is 26.9. The number of ether oxygens (including phenoxy) is 4. The summed E-state index contributed by atoms with van der Waals surface area (Å²) in [6.07, 6.45) is 41.7. The summed E-state index contributed by atoms with van der Waals surface area (Å²) in [7, 11) is -9.90. The van der Waals surface area contributed by atoms with Crippen LogP contribution in [0.4, 0.5) is 0 Å². The summed E-state index contributed by atoms with van der Waals surface area (Å²) in [5.41, 5.74) is 0. The Morgan fingerprint density at radius 2 is 0.539 bits per heavy atom. The molecule has 6 atom stereocenters. The predicted molar refractivity (Wildman–Crippen MR) is 358 cm³/mol. The van der Waals surface area contributed by atoms with E-state index in [1.165, 1.54) is 141 Å². The molecule has 0 saturated carbocycles. The Labute approximate surface area is 543 Å².